The van der Waals surface area contributed by atoms with E-state index in [9.17, 15) is 0 Å². The molecule has 0 spiro atoms. The van der Waals surface area contributed by atoms with Gasteiger partial charge in [-0.3, -0.25) is 0 Å². The van der Waals surface area contributed by atoms with Gasteiger partial charge in [0.25, 0.3) is 0 Å². The van der Waals surface area contributed by atoms with Crippen molar-refractivity contribution >= 4 is 22.4 Å². The van der Waals surface area contributed by atoms with Crippen LogP contribution in [0, 0.1) is 6.92 Å². The summed E-state index contributed by atoms with van der Waals surface area (Å²) in [5.74, 6) is 0.440. The molecule has 176 valence electrons. The van der Waals surface area contributed by atoms with Crippen LogP contribution in [0.3, 0.4) is 0 Å². The predicted octanol–water partition coefficient (Wildman–Crippen LogP) is 9.56. The van der Waals surface area contributed by atoms with E-state index in [0.29, 0.717) is 5.92 Å². The van der Waals surface area contributed by atoms with Gasteiger partial charge < -0.3 is 0 Å². The largest absolute Gasteiger partial charge is 0.0836 e. The van der Waals surface area contributed by atoms with Crippen LogP contribution in [0.25, 0.3) is 33.5 Å². The Kier molecular flexibility index (Phi) is 4.77. The third-order valence-electron chi connectivity index (χ3n) is 8.77. The highest BCUT2D eigenvalue weighted by Gasteiger charge is 2.44. The number of allylic oxidation sites excluding steroid dienone is 5. The molecule has 4 aromatic carbocycles. The summed E-state index contributed by atoms with van der Waals surface area (Å²) in [7, 11) is 0. The number of benzene rings is 4. The first-order valence-corrected chi connectivity index (χ1v) is 13.4. The molecular weight excluding hydrogens is 432 g/mol. The van der Waals surface area contributed by atoms with Crippen LogP contribution in [-0.4, -0.2) is 0 Å². The standard InChI is InChI=1S/C36H32/c1-23-18-19-26-29-21-30-31(22-33(29)36(2,3)32(26)20-23)35(25-14-8-5-9-15-25)28-17-11-10-16-27(28)34(30)24-12-6-4-7-13-24/h4,6-8,10-20,22,29H,5,9,21H2,1-3H3. The van der Waals surface area contributed by atoms with E-state index in [-0.39, 0.29) is 5.41 Å². The van der Waals surface area contributed by atoms with Crippen LogP contribution in [0.5, 0.6) is 0 Å². The number of aryl methyl sites for hydroxylation is 1. The first-order chi connectivity index (χ1) is 17.5. The van der Waals surface area contributed by atoms with Crippen molar-refractivity contribution in [3.8, 4) is 11.1 Å². The van der Waals surface area contributed by atoms with Crippen molar-refractivity contribution in [3.05, 3.63) is 130 Å². The Morgan fingerprint density at radius 2 is 1.56 bits per heavy atom. The van der Waals surface area contributed by atoms with Crippen LogP contribution in [0.1, 0.15) is 66.0 Å². The van der Waals surface area contributed by atoms with Gasteiger partial charge >= 0.3 is 0 Å². The van der Waals surface area contributed by atoms with Gasteiger partial charge in [0.2, 0.25) is 0 Å². The summed E-state index contributed by atoms with van der Waals surface area (Å²) < 4.78 is 0. The van der Waals surface area contributed by atoms with Gasteiger partial charge in [0.1, 0.15) is 0 Å². The second-order valence-electron chi connectivity index (χ2n) is 11.3. The summed E-state index contributed by atoms with van der Waals surface area (Å²) in [5, 5.41) is 2.74. The molecule has 0 N–H and O–H groups in total. The lowest BCUT2D eigenvalue weighted by atomic mass is 9.71. The summed E-state index contributed by atoms with van der Waals surface area (Å²) in [6.45, 7) is 7.09. The summed E-state index contributed by atoms with van der Waals surface area (Å²) in [6, 6.07) is 27.3. The van der Waals surface area contributed by atoms with Crippen LogP contribution in [0.15, 0.2) is 96.6 Å². The lowest BCUT2D eigenvalue weighted by molar-refractivity contribution is 0.614. The average molecular weight is 465 g/mol. The van der Waals surface area contributed by atoms with Crippen LogP contribution in [0.2, 0.25) is 0 Å². The van der Waals surface area contributed by atoms with Crippen molar-refractivity contribution in [2.45, 2.75) is 51.4 Å². The zero-order valence-corrected chi connectivity index (χ0v) is 21.4. The molecule has 1 atom stereocenters. The molecule has 3 aliphatic carbocycles. The van der Waals surface area contributed by atoms with Crippen molar-refractivity contribution in [3.63, 3.8) is 0 Å². The smallest absolute Gasteiger partial charge is 0.0118 e. The number of hydrogen-bond donors (Lipinski definition) is 0. The molecule has 0 aliphatic heterocycles. The molecule has 36 heavy (non-hydrogen) atoms. The monoisotopic (exact) mass is 464 g/mol. The van der Waals surface area contributed by atoms with Crippen LogP contribution in [-0.2, 0) is 11.8 Å². The zero-order valence-electron chi connectivity index (χ0n) is 21.4. The fourth-order valence-corrected chi connectivity index (χ4v) is 7.06. The average Bonchev–Trinajstić information content (AvgIpc) is 3.12. The first kappa shape index (κ1) is 21.6. The molecule has 0 heterocycles. The molecule has 0 heteroatoms. The van der Waals surface area contributed by atoms with Gasteiger partial charge in [-0.05, 0) is 81.5 Å². The fraction of sp³-hybridized carbons (Fsp3) is 0.222. The van der Waals surface area contributed by atoms with E-state index in [2.05, 4.69) is 118 Å². The highest BCUT2D eigenvalue weighted by atomic mass is 14.5. The van der Waals surface area contributed by atoms with Gasteiger partial charge in [0.05, 0.1) is 0 Å². The molecular formula is C36H32. The molecule has 1 unspecified atom stereocenters. The third kappa shape index (κ3) is 3.07. The summed E-state index contributed by atoms with van der Waals surface area (Å²) in [4.78, 5) is 0. The van der Waals surface area contributed by atoms with Gasteiger partial charge in [0, 0.05) is 11.3 Å². The van der Waals surface area contributed by atoms with E-state index >= 15 is 0 Å². The number of rotatable bonds is 2. The highest BCUT2D eigenvalue weighted by molar-refractivity contribution is 6.09. The first-order valence-electron chi connectivity index (χ1n) is 13.4. The second kappa shape index (κ2) is 7.93. The van der Waals surface area contributed by atoms with Gasteiger partial charge in [-0.15, -0.1) is 0 Å². The van der Waals surface area contributed by atoms with E-state index in [1.807, 2.05) is 0 Å². The quantitative estimate of drug-likeness (QED) is 0.277. The fourth-order valence-electron chi connectivity index (χ4n) is 7.06. The Morgan fingerprint density at radius 3 is 2.31 bits per heavy atom. The van der Waals surface area contributed by atoms with Gasteiger partial charge in [-0.25, -0.2) is 0 Å². The van der Waals surface area contributed by atoms with Crippen molar-refractivity contribution in [2.24, 2.45) is 0 Å². The molecule has 0 aromatic heterocycles. The van der Waals surface area contributed by atoms with Gasteiger partial charge in [-0.2, -0.15) is 0 Å². The lowest BCUT2D eigenvalue weighted by Gasteiger charge is -2.32. The van der Waals surface area contributed by atoms with E-state index < -0.39 is 0 Å². The van der Waals surface area contributed by atoms with Crippen molar-refractivity contribution in [2.75, 3.05) is 0 Å². The van der Waals surface area contributed by atoms with Gasteiger partial charge in [-0.1, -0.05) is 122 Å². The van der Waals surface area contributed by atoms with E-state index in [4.69, 9.17) is 0 Å². The molecule has 0 bridgehead atoms. The Balaban J connectivity index is 1.60. The Morgan fingerprint density at radius 1 is 0.806 bits per heavy atom. The minimum atomic E-state index is 0.0380. The topological polar surface area (TPSA) is 0 Å². The zero-order chi connectivity index (χ0) is 24.4. The molecule has 7 rings (SSSR count). The highest BCUT2D eigenvalue weighted by Crippen LogP contribution is 2.57. The molecule has 0 saturated heterocycles. The molecule has 0 fully saturated rings. The van der Waals surface area contributed by atoms with Crippen LogP contribution >= 0.6 is 0 Å². The number of fused-ring (bicyclic) bond motifs is 5. The molecule has 0 nitrogen and oxygen atoms in total. The van der Waals surface area contributed by atoms with Crippen LogP contribution < -0.4 is 0 Å². The SMILES string of the molecule is Cc1ccc2c(c1)C(C)(C)C1=Cc3c(c(-c4ccccc4)c4ccccc4c3C3=CCCC=C3)CC12. The van der Waals surface area contributed by atoms with Crippen molar-refractivity contribution < 1.29 is 0 Å². The van der Waals surface area contributed by atoms with Crippen LogP contribution in [0.4, 0.5) is 0 Å². The minimum Gasteiger partial charge on any atom is -0.0836 e. The summed E-state index contributed by atoms with van der Waals surface area (Å²) in [5.41, 5.74) is 14.5. The third-order valence-corrected chi connectivity index (χ3v) is 8.77. The maximum atomic E-state index is 2.59. The lowest BCUT2D eigenvalue weighted by Crippen LogP contribution is -2.20. The van der Waals surface area contributed by atoms with E-state index in [1.165, 1.54) is 60.9 Å². The van der Waals surface area contributed by atoms with E-state index in [0.717, 1.165) is 19.3 Å². The van der Waals surface area contributed by atoms with Gasteiger partial charge in [0.15, 0.2) is 0 Å². The second-order valence-corrected chi connectivity index (χ2v) is 11.3. The van der Waals surface area contributed by atoms with E-state index in [1.54, 1.807) is 5.57 Å². The number of hydrogen-bond acceptors (Lipinski definition) is 0. The van der Waals surface area contributed by atoms with Crippen molar-refractivity contribution in [1.29, 1.82) is 0 Å². The molecule has 4 aromatic rings. The normalized spacial score (nSPS) is 19.4. The predicted molar refractivity (Wildman–Crippen MR) is 154 cm³/mol. The molecule has 0 amide bonds. The Hall–Kier alpha value is -3.64. The molecule has 0 radical (unpaired) electrons. The van der Waals surface area contributed by atoms with Crippen molar-refractivity contribution in [1.82, 2.24) is 0 Å². The Labute approximate surface area is 214 Å². The minimum absolute atomic E-state index is 0.0380. The Bertz CT molecular complexity index is 1620. The summed E-state index contributed by atoms with van der Waals surface area (Å²) >= 11 is 0. The maximum Gasteiger partial charge on any atom is 0.0118 e. The maximum absolute atomic E-state index is 2.59. The molecule has 3 aliphatic rings. The molecule has 0 saturated carbocycles. The summed E-state index contributed by atoms with van der Waals surface area (Å²) in [6.07, 6.45) is 13.1.